The number of hydrogen-bond donors (Lipinski definition) is 0. The number of benzene rings is 1. The first kappa shape index (κ1) is 13.9. The molecule has 0 atom stereocenters. The van der Waals surface area contributed by atoms with Crippen LogP contribution in [0.25, 0.3) is 0 Å². The van der Waals surface area contributed by atoms with Crippen molar-refractivity contribution < 1.29 is 27.1 Å². The van der Waals surface area contributed by atoms with Crippen LogP contribution >= 0.6 is 11.6 Å². The van der Waals surface area contributed by atoms with Crippen LogP contribution in [-0.4, -0.2) is 25.2 Å². The van der Waals surface area contributed by atoms with E-state index in [0.29, 0.717) is 0 Å². The average Bonchev–Trinajstić information content (AvgIpc) is 2.15. The third-order valence-corrected chi connectivity index (χ3v) is 1.97. The predicted molar refractivity (Wildman–Crippen MR) is 52.6 cm³/mol. The zero-order chi connectivity index (χ0) is 13.1. The summed E-state index contributed by atoms with van der Waals surface area (Å²) in [5.41, 5.74) is -0.350. The van der Waals surface area contributed by atoms with E-state index in [2.05, 4.69) is 4.74 Å². The third-order valence-electron chi connectivity index (χ3n) is 1.73. The first-order valence-electron chi connectivity index (χ1n) is 4.42. The van der Waals surface area contributed by atoms with Gasteiger partial charge in [0.1, 0.15) is 19.0 Å². The van der Waals surface area contributed by atoms with Gasteiger partial charge >= 0.3 is 6.18 Å². The molecule has 0 aromatic heterocycles. The Hall–Kier alpha value is -1.14. The molecular formula is C10H7ClF4O2. The number of carbonyl (C=O) groups excluding carboxylic acids is 1. The molecule has 0 heterocycles. The van der Waals surface area contributed by atoms with Gasteiger partial charge in [-0.3, -0.25) is 4.79 Å². The maximum Gasteiger partial charge on any atom is 0.411 e. The lowest BCUT2D eigenvalue weighted by Crippen LogP contribution is -2.20. The maximum absolute atomic E-state index is 13.2. The Morgan fingerprint density at radius 3 is 2.53 bits per heavy atom. The van der Waals surface area contributed by atoms with Gasteiger partial charge in [0.25, 0.3) is 0 Å². The lowest BCUT2D eigenvalue weighted by molar-refractivity contribution is -0.170. The number of halogens is 5. The molecule has 1 rings (SSSR count). The average molecular weight is 271 g/mol. The number of rotatable bonds is 4. The van der Waals surface area contributed by atoms with Gasteiger partial charge in [-0.15, -0.1) is 0 Å². The normalized spacial score (nSPS) is 11.6. The van der Waals surface area contributed by atoms with Crippen LogP contribution in [0.5, 0.6) is 0 Å². The molecule has 1 aromatic carbocycles. The Morgan fingerprint density at radius 1 is 1.35 bits per heavy atom. The molecule has 0 radical (unpaired) electrons. The smallest absolute Gasteiger partial charge is 0.364 e. The first-order valence-corrected chi connectivity index (χ1v) is 4.80. The third kappa shape index (κ3) is 4.70. The fourth-order valence-electron chi connectivity index (χ4n) is 1.05. The number of ketones is 1. The van der Waals surface area contributed by atoms with Crippen LogP contribution in [0.2, 0.25) is 5.02 Å². The van der Waals surface area contributed by atoms with Crippen molar-refractivity contribution in [2.24, 2.45) is 0 Å². The molecule has 0 bridgehead atoms. The molecule has 0 spiro atoms. The zero-order valence-corrected chi connectivity index (χ0v) is 9.11. The minimum absolute atomic E-state index is 0.0928. The van der Waals surface area contributed by atoms with Crippen LogP contribution in [0.3, 0.4) is 0 Å². The molecule has 0 aliphatic heterocycles. The minimum Gasteiger partial charge on any atom is -0.364 e. The van der Waals surface area contributed by atoms with Gasteiger partial charge < -0.3 is 4.74 Å². The van der Waals surface area contributed by atoms with E-state index in [1.807, 2.05) is 0 Å². The van der Waals surface area contributed by atoms with Crippen molar-refractivity contribution in [3.8, 4) is 0 Å². The van der Waals surface area contributed by atoms with Gasteiger partial charge in [0.05, 0.1) is 5.56 Å². The lowest BCUT2D eigenvalue weighted by Gasteiger charge is -2.07. The molecule has 2 nitrogen and oxygen atoms in total. The lowest BCUT2D eigenvalue weighted by atomic mass is 10.1. The van der Waals surface area contributed by atoms with Crippen molar-refractivity contribution in [2.75, 3.05) is 13.2 Å². The molecule has 0 saturated heterocycles. The molecule has 0 unspecified atom stereocenters. The van der Waals surface area contributed by atoms with E-state index in [1.165, 1.54) is 6.07 Å². The highest BCUT2D eigenvalue weighted by Crippen LogP contribution is 2.17. The molecule has 0 saturated carbocycles. The van der Waals surface area contributed by atoms with Crippen molar-refractivity contribution >= 4 is 17.4 Å². The van der Waals surface area contributed by atoms with Crippen LogP contribution < -0.4 is 0 Å². The van der Waals surface area contributed by atoms with Crippen LogP contribution in [0, 0.1) is 5.82 Å². The standard InChI is InChI=1S/C10H7ClF4O2/c11-6-1-2-7(8(12)3-6)9(16)4-17-5-10(13,14)15/h1-3H,4-5H2. The van der Waals surface area contributed by atoms with Gasteiger partial charge in [-0.2, -0.15) is 13.2 Å². The van der Waals surface area contributed by atoms with Gasteiger partial charge in [-0.1, -0.05) is 11.6 Å². The number of carbonyl (C=O) groups is 1. The highest BCUT2D eigenvalue weighted by Gasteiger charge is 2.28. The summed E-state index contributed by atoms with van der Waals surface area (Å²) in [6.45, 7) is -2.38. The van der Waals surface area contributed by atoms with E-state index in [9.17, 15) is 22.4 Å². The molecule has 0 aliphatic rings. The van der Waals surface area contributed by atoms with E-state index in [1.54, 1.807) is 0 Å². The second-order valence-corrected chi connectivity index (χ2v) is 3.59. The molecule has 0 fully saturated rings. The predicted octanol–water partition coefficient (Wildman–Crippen LogP) is 3.24. The van der Waals surface area contributed by atoms with Gasteiger partial charge in [0.2, 0.25) is 0 Å². The summed E-state index contributed by atoms with van der Waals surface area (Å²) in [4.78, 5) is 11.3. The fourth-order valence-corrected chi connectivity index (χ4v) is 1.21. The molecular weight excluding hydrogens is 264 g/mol. The number of Topliss-reactive ketones (excluding diaryl/α,β-unsaturated/α-hetero) is 1. The summed E-state index contributed by atoms with van der Waals surface area (Å²) in [7, 11) is 0. The van der Waals surface area contributed by atoms with E-state index in [4.69, 9.17) is 11.6 Å². The first-order chi connectivity index (χ1) is 7.79. The fraction of sp³-hybridized carbons (Fsp3) is 0.300. The van der Waals surface area contributed by atoms with Crippen molar-refractivity contribution in [3.05, 3.63) is 34.6 Å². The van der Waals surface area contributed by atoms with E-state index >= 15 is 0 Å². The summed E-state index contributed by atoms with van der Waals surface area (Å²) in [5, 5.41) is 0.0928. The SMILES string of the molecule is O=C(COCC(F)(F)F)c1ccc(Cl)cc1F. The van der Waals surface area contributed by atoms with Crippen molar-refractivity contribution in [1.82, 2.24) is 0 Å². The molecule has 7 heteroatoms. The van der Waals surface area contributed by atoms with E-state index < -0.39 is 31.0 Å². The van der Waals surface area contributed by atoms with Crippen LogP contribution in [0.15, 0.2) is 18.2 Å². The van der Waals surface area contributed by atoms with Crippen molar-refractivity contribution in [1.29, 1.82) is 0 Å². The number of hydrogen-bond acceptors (Lipinski definition) is 2. The largest absolute Gasteiger partial charge is 0.411 e. The molecule has 1 aromatic rings. The molecule has 0 aliphatic carbocycles. The topological polar surface area (TPSA) is 26.3 Å². The van der Waals surface area contributed by atoms with Crippen LogP contribution in [-0.2, 0) is 4.74 Å². The van der Waals surface area contributed by atoms with Gasteiger partial charge in [-0.25, -0.2) is 4.39 Å². The van der Waals surface area contributed by atoms with Gasteiger partial charge in [-0.05, 0) is 18.2 Å². The second-order valence-electron chi connectivity index (χ2n) is 3.16. The Kier molecular flexibility index (Phi) is 4.47. The van der Waals surface area contributed by atoms with Crippen molar-refractivity contribution in [2.45, 2.75) is 6.18 Å². The maximum atomic E-state index is 13.2. The molecule has 0 N–H and O–H groups in total. The monoisotopic (exact) mass is 270 g/mol. The number of ether oxygens (including phenoxy) is 1. The Balaban J connectivity index is 2.59. The van der Waals surface area contributed by atoms with E-state index in [0.717, 1.165) is 12.1 Å². The van der Waals surface area contributed by atoms with Gasteiger partial charge in [0, 0.05) is 5.02 Å². The summed E-state index contributed by atoms with van der Waals surface area (Å²) < 4.78 is 52.4. The summed E-state index contributed by atoms with van der Waals surface area (Å²) >= 11 is 5.45. The van der Waals surface area contributed by atoms with Crippen LogP contribution in [0.4, 0.5) is 17.6 Å². The summed E-state index contributed by atoms with van der Waals surface area (Å²) in [6.07, 6.45) is -4.52. The second kappa shape index (κ2) is 5.46. The Labute approximate surface area is 99.1 Å². The van der Waals surface area contributed by atoms with Crippen molar-refractivity contribution in [3.63, 3.8) is 0 Å². The quantitative estimate of drug-likeness (QED) is 0.620. The Bertz CT molecular complexity index is 417. The number of alkyl halides is 3. The zero-order valence-electron chi connectivity index (χ0n) is 8.35. The summed E-state index contributed by atoms with van der Waals surface area (Å²) in [6, 6.07) is 3.26. The van der Waals surface area contributed by atoms with Crippen LogP contribution in [0.1, 0.15) is 10.4 Å². The summed E-state index contributed by atoms with van der Waals surface area (Å²) in [5.74, 6) is -1.76. The highest BCUT2D eigenvalue weighted by molar-refractivity contribution is 6.30. The minimum atomic E-state index is -4.52. The molecule has 0 amide bonds. The highest BCUT2D eigenvalue weighted by atomic mass is 35.5. The molecule has 17 heavy (non-hydrogen) atoms. The van der Waals surface area contributed by atoms with Gasteiger partial charge in [0.15, 0.2) is 5.78 Å². The Morgan fingerprint density at radius 2 is 2.00 bits per heavy atom. The molecule has 94 valence electrons. The van der Waals surface area contributed by atoms with E-state index in [-0.39, 0.29) is 10.6 Å².